The number of nitrogens with two attached hydrogens (primary N) is 1. The van der Waals surface area contributed by atoms with Crippen LogP contribution in [0.25, 0.3) is 9.69 Å². The maximum atomic E-state index is 11.7. The van der Waals surface area contributed by atoms with E-state index in [0.717, 1.165) is 11.1 Å². The van der Waals surface area contributed by atoms with Crippen molar-refractivity contribution in [3.05, 3.63) is 70.4 Å². The van der Waals surface area contributed by atoms with Gasteiger partial charge in [0.25, 0.3) is 5.91 Å². The summed E-state index contributed by atoms with van der Waals surface area (Å²) >= 11 is 5.91. The second-order valence-corrected chi connectivity index (χ2v) is 8.97. The molecule has 0 aromatic heterocycles. The number of nitrogens with one attached hydrogen (secondary N) is 1. The zero-order valence-corrected chi connectivity index (χ0v) is 22.9. The molecule has 0 aliphatic carbocycles. The van der Waals surface area contributed by atoms with E-state index in [0.29, 0.717) is 22.7 Å². The number of hydrogen-bond donors (Lipinski definition) is 5. The Morgan fingerprint density at radius 3 is 1.74 bits per heavy atom. The second-order valence-electron chi connectivity index (χ2n) is 7.85. The SMILES string of the molecule is C[C@](O)(CBr)C(=O)O.[C-]#[N+]c1ccc(N)cc1C.[C-]#[N+]c1ccc(NC(=O)[C@@](C)(O)CBr)cc1C. The van der Waals surface area contributed by atoms with Gasteiger partial charge in [-0.05, 0) is 63.1 Å². The molecule has 0 unspecified atom stereocenters. The lowest BCUT2D eigenvalue weighted by Crippen LogP contribution is -2.41. The number of aliphatic carboxylic acids is 1. The fourth-order valence-corrected chi connectivity index (χ4v) is 2.54. The van der Waals surface area contributed by atoms with Crippen LogP contribution in [0.3, 0.4) is 0 Å². The lowest BCUT2D eigenvalue weighted by Gasteiger charge is -2.19. The van der Waals surface area contributed by atoms with E-state index in [9.17, 15) is 14.7 Å². The molecule has 6 N–H and O–H groups in total. The molecule has 2 aromatic rings. The van der Waals surface area contributed by atoms with Crippen LogP contribution in [-0.4, -0.2) is 49.1 Å². The van der Waals surface area contributed by atoms with Gasteiger partial charge in [0.2, 0.25) is 0 Å². The van der Waals surface area contributed by atoms with E-state index in [2.05, 4.69) is 46.9 Å². The third-order valence-electron chi connectivity index (χ3n) is 4.39. The summed E-state index contributed by atoms with van der Waals surface area (Å²) in [5, 5.41) is 29.4. The molecule has 0 spiro atoms. The predicted molar refractivity (Wildman–Crippen MR) is 144 cm³/mol. The summed E-state index contributed by atoms with van der Waals surface area (Å²) in [5.41, 5.74) is 6.64. The van der Waals surface area contributed by atoms with Gasteiger partial charge in [0, 0.05) is 22.0 Å². The molecule has 0 aliphatic heterocycles. The third kappa shape index (κ3) is 10.9. The van der Waals surface area contributed by atoms with Crippen LogP contribution in [0.15, 0.2) is 36.4 Å². The number of aryl methyl sites for hydroxylation is 2. The van der Waals surface area contributed by atoms with E-state index in [-0.39, 0.29) is 10.7 Å². The molecule has 1 amide bonds. The van der Waals surface area contributed by atoms with Gasteiger partial charge in [-0.1, -0.05) is 44.0 Å². The maximum absolute atomic E-state index is 11.7. The largest absolute Gasteiger partial charge is 0.479 e. The molecule has 0 radical (unpaired) electrons. The van der Waals surface area contributed by atoms with Gasteiger partial charge in [-0.25, -0.2) is 14.5 Å². The maximum Gasteiger partial charge on any atom is 0.336 e. The number of aliphatic hydroxyl groups is 2. The molecule has 0 bridgehead atoms. The quantitative estimate of drug-likeness (QED) is 0.183. The summed E-state index contributed by atoms with van der Waals surface area (Å²) in [6.45, 7) is 20.0. The first-order valence-corrected chi connectivity index (χ1v) is 12.2. The minimum absolute atomic E-state index is 0.0509. The first-order valence-electron chi connectivity index (χ1n) is 9.98. The second kappa shape index (κ2) is 14.4. The van der Waals surface area contributed by atoms with Gasteiger partial charge in [0.1, 0.15) is 5.60 Å². The highest BCUT2D eigenvalue weighted by atomic mass is 79.9. The molecule has 2 atom stereocenters. The Labute approximate surface area is 221 Å². The van der Waals surface area contributed by atoms with Crippen molar-refractivity contribution in [2.75, 3.05) is 21.7 Å². The molecule has 35 heavy (non-hydrogen) atoms. The summed E-state index contributed by atoms with van der Waals surface area (Å²) in [7, 11) is 0. The van der Waals surface area contributed by atoms with Gasteiger partial charge in [0.05, 0.1) is 13.1 Å². The van der Waals surface area contributed by atoms with Crippen molar-refractivity contribution in [1.82, 2.24) is 0 Å². The van der Waals surface area contributed by atoms with Gasteiger partial charge in [-0.3, -0.25) is 4.79 Å². The Bertz CT molecular complexity index is 1120. The van der Waals surface area contributed by atoms with Gasteiger partial charge in [-0.2, -0.15) is 0 Å². The number of anilines is 2. The van der Waals surface area contributed by atoms with E-state index in [1.807, 2.05) is 6.92 Å². The number of nitrogens with zero attached hydrogens (tertiary/aromatic N) is 2. The molecule has 2 rings (SSSR count). The van der Waals surface area contributed by atoms with Crippen molar-refractivity contribution < 1.29 is 24.9 Å². The van der Waals surface area contributed by atoms with Crippen molar-refractivity contribution in [3.63, 3.8) is 0 Å². The highest BCUT2D eigenvalue weighted by molar-refractivity contribution is 9.09. The number of alkyl halides is 2. The van der Waals surface area contributed by atoms with Crippen LogP contribution in [0.2, 0.25) is 0 Å². The fourth-order valence-electron chi connectivity index (χ4n) is 2.05. The van der Waals surface area contributed by atoms with E-state index in [1.54, 1.807) is 43.3 Å². The summed E-state index contributed by atoms with van der Waals surface area (Å²) in [5.74, 6) is -1.70. The number of carboxylic acid groups (broad SMARTS) is 1. The van der Waals surface area contributed by atoms with Crippen LogP contribution in [0, 0.1) is 27.0 Å². The topological polar surface area (TPSA) is 142 Å². The zero-order valence-electron chi connectivity index (χ0n) is 19.8. The van der Waals surface area contributed by atoms with Crippen molar-refractivity contribution in [3.8, 4) is 0 Å². The molecule has 2 aromatic carbocycles. The number of hydrogen-bond acceptors (Lipinski definition) is 5. The number of benzene rings is 2. The normalized spacial score (nSPS) is 13.1. The number of amides is 1. The Balaban J connectivity index is 0.000000545. The molecule has 9 nitrogen and oxygen atoms in total. The molecule has 0 fully saturated rings. The fraction of sp³-hybridized carbons (Fsp3) is 0.333. The lowest BCUT2D eigenvalue weighted by atomic mass is 10.1. The lowest BCUT2D eigenvalue weighted by molar-refractivity contribution is -0.154. The van der Waals surface area contributed by atoms with Crippen molar-refractivity contribution >= 4 is 66.5 Å². The Kier molecular flexibility index (Phi) is 13.2. The molecule has 11 heteroatoms. The van der Waals surface area contributed by atoms with Crippen LogP contribution in [0.5, 0.6) is 0 Å². The average molecular weight is 612 g/mol. The number of halogens is 2. The van der Waals surface area contributed by atoms with Crippen LogP contribution in [0.4, 0.5) is 22.7 Å². The molecule has 0 saturated carbocycles. The van der Waals surface area contributed by atoms with E-state index in [1.165, 1.54) is 13.8 Å². The molecule has 0 aliphatic rings. The molecular formula is C24H28Br2N4O5. The van der Waals surface area contributed by atoms with Crippen molar-refractivity contribution in [2.24, 2.45) is 0 Å². The van der Waals surface area contributed by atoms with Gasteiger partial charge in [0.15, 0.2) is 17.0 Å². The molecule has 0 saturated heterocycles. The highest BCUT2D eigenvalue weighted by Crippen LogP contribution is 2.23. The van der Waals surface area contributed by atoms with E-state index < -0.39 is 23.1 Å². The average Bonchev–Trinajstić information content (AvgIpc) is 2.80. The van der Waals surface area contributed by atoms with Crippen LogP contribution < -0.4 is 11.1 Å². The standard InChI is InChI=1S/C12H13BrN2O2.C8H8N2.C4H7BrO3/c1-8-6-9(4-5-10(8)14-3)15-11(16)12(2,17)7-13;1-6-5-7(9)3-4-8(6)10-2;1-4(8,2-5)3(6)7/h4-6,17H,7H2,1-2H3,(H,15,16);3-5H,9H2,1H3;8H,2H2,1H3,(H,6,7)/t12-;;4-/m0.0/s1. The first kappa shape index (κ1) is 32.0. The Morgan fingerprint density at radius 1 is 0.943 bits per heavy atom. The van der Waals surface area contributed by atoms with Crippen molar-refractivity contribution in [2.45, 2.75) is 38.9 Å². The number of carboxylic acids is 1. The highest BCUT2D eigenvalue weighted by Gasteiger charge is 2.29. The van der Waals surface area contributed by atoms with Gasteiger partial charge < -0.3 is 26.4 Å². The van der Waals surface area contributed by atoms with E-state index >= 15 is 0 Å². The van der Waals surface area contributed by atoms with Gasteiger partial charge >= 0.3 is 5.97 Å². The monoisotopic (exact) mass is 610 g/mol. The molecular weight excluding hydrogens is 584 g/mol. The van der Waals surface area contributed by atoms with Crippen LogP contribution >= 0.6 is 31.9 Å². The summed E-state index contributed by atoms with van der Waals surface area (Å²) < 4.78 is 0. The first-order chi connectivity index (χ1) is 16.1. The number of rotatable bonds is 5. The van der Waals surface area contributed by atoms with E-state index in [4.69, 9.17) is 29.1 Å². The minimum atomic E-state index is -1.62. The minimum Gasteiger partial charge on any atom is -0.479 e. The third-order valence-corrected chi connectivity index (χ3v) is 6.57. The van der Waals surface area contributed by atoms with Gasteiger partial charge in [-0.15, -0.1) is 0 Å². The summed E-state index contributed by atoms with van der Waals surface area (Å²) in [6.07, 6.45) is 0. The molecule has 188 valence electrons. The smallest absolute Gasteiger partial charge is 0.336 e. The predicted octanol–water partition coefficient (Wildman–Crippen LogP) is 4.98. The zero-order chi connectivity index (χ0) is 27.4. The number of carbonyl (C=O) groups is 2. The van der Waals surface area contributed by atoms with Crippen LogP contribution in [-0.2, 0) is 9.59 Å². The number of carbonyl (C=O) groups excluding carboxylic acids is 1. The summed E-state index contributed by atoms with van der Waals surface area (Å²) in [6, 6.07) is 10.3. The van der Waals surface area contributed by atoms with Crippen molar-refractivity contribution in [1.29, 1.82) is 0 Å². The Hall–Kier alpha value is -2.96. The summed E-state index contributed by atoms with van der Waals surface area (Å²) in [4.78, 5) is 28.3. The molecule has 0 heterocycles. The van der Waals surface area contributed by atoms with Crippen LogP contribution in [0.1, 0.15) is 25.0 Å². The Morgan fingerprint density at radius 2 is 1.40 bits per heavy atom. The number of nitrogen functional groups attached to an aromatic ring is 1.